The predicted octanol–water partition coefficient (Wildman–Crippen LogP) is 4.80. The first-order chi connectivity index (χ1) is 8.81. The topological polar surface area (TPSA) is 26.3 Å². The highest BCUT2D eigenvalue weighted by Gasteiger charge is 1.93. The van der Waals surface area contributed by atoms with Crippen LogP contribution >= 0.6 is 0 Å². The van der Waals surface area contributed by atoms with Crippen LogP contribution in [-0.2, 0) is 9.53 Å². The minimum atomic E-state index is -0.328. The van der Waals surface area contributed by atoms with E-state index in [-0.39, 0.29) is 5.97 Å². The average molecular weight is 252 g/mol. The molecule has 0 aromatic heterocycles. The summed E-state index contributed by atoms with van der Waals surface area (Å²) >= 11 is 0. The second-order valence-electron chi connectivity index (χ2n) is 4.54. The number of ether oxygens (including phenoxy) is 1. The third-order valence-corrected chi connectivity index (χ3v) is 2.82. The van der Waals surface area contributed by atoms with Crippen LogP contribution in [0.25, 0.3) is 0 Å². The fourth-order valence-electron chi connectivity index (χ4n) is 1.71. The summed E-state index contributed by atoms with van der Waals surface area (Å²) < 4.78 is 4.88. The van der Waals surface area contributed by atoms with Crippen molar-refractivity contribution in [3.63, 3.8) is 0 Å². The lowest BCUT2D eigenvalue weighted by molar-refractivity contribution is -0.137. The fraction of sp³-hybridized carbons (Fsp3) is 0.688. The SMILES string of the molecule is C=CC(=O)OCCC/C=C/CCCCCCCC. The molecule has 0 spiro atoms. The minimum absolute atomic E-state index is 0.328. The molecule has 0 saturated carbocycles. The molecular formula is C16H28O2. The molecule has 0 bridgehead atoms. The number of esters is 1. The van der Waals surface area contributed by atoms with E-state index in [2.05, 4.69) is 25.7 Å². The van der Waals surface area contributed by atoms with Crippen LogP contribution in [0.2, 0.25) is 0 Å². The molecular weight excluding hydrogens is 224 g/mol. The van der Waals surface area contributed by atoms with Crippen molar-refractivity contribution in [2.75, 3.05) is 6.61 Å². The Labute approximate surface area is 112 Å². The summed E-state index contributed by atoms with van der Waals surface area (Å²) in [5.41, 5.74) is 0. The second kappa shape index (κ2) is 14.0. The largest absolute Gasteiger partial charge is 0.463 e. The lowest BCUT2D eigenvalue weighted by atomic mass is 10.1. The van der Waals surface area contributed by atoms with Crippen LogP contribution in [0.1, 0.15) is 64.7 Å². The van der Waals surface area contributed by atoms with Crippen molar-refractivity contribution in [1.82, 2.24) is 0 Å². The summed E-state index contributed by atoms with van der Waals surface area (Å²) in [6.45, 7) is 6.08. The Morgan fingerprint density at radius 3 is 2.28 bits per heavy atom. The zero-order valence-corrected chi connectivity index (χ0v) is 11.8. The van der Waals surface area contributed by atoms with Gasteiger partial charge in [-0.15, -0.1) is 0 Å². The van der Waals surface area contributed by atoms with Crippen molar-refractivity contribution in [1.29, 1.82) is 0 Å². The molecule has 0 unspecified atom stereocenters. The third kappa shape index (κ3) is 13.0. The molecule has 0 aliphatic rings. The van der Waals surface area contributed by atoms with Crippen LogP contribution < -0.4 is 0 Å². The Balaban J connectivity index is 3.14. The summed E-state index contributed by atoms with van der Waals surface area (Å²) in [7, 11) is 0. The van der Waals surface area contributed by atoms with Crippen LogP contribution in [0.5, 0.6) is 0 Å². The van der Waals surface area contributed by atoms with Crippen molar-refractivity contribution < 1.29 is 9.53 Å². The Morgan fingerprint density at radius 1 is 1.00 bits per heavy atom. The number of carbonyl (C=O) groups excluding carboxylic acids is 1. The van der Waals surface area contributed by atoms with Gasteiger partial charge in [-0.1, -0.05) is 57.8 Å². The maximum Gasteiger partial charge on any atom is 0.330 e. The van der Waals surface area contributed by atoms with Gasteiger partial charge in [0, 0.05) is 6.08 Å². The van der Waals surface area contributed by atoms with Crippen LogP contribution in [-0.4, -0.2) is 12.6 Å². The van der Waals surface area contributed by atoms with Crippen LogP contribution in [0.4, 0.5) is 0 Å². The monoisotopic (exact) mass is 252 g/mol. The molecule has 2 heteroatoms. The Bertz CT molecular complexity index is 231. The zero-order valence-electron chi connectivity index (χ0n) is 11.8. The zero-order chi connectivity index (χ0) is 13.5. The molecule has 0 atom stereocenters. The van der Waals surface area contributed by atoms with Gasteiger partial charge >= 0.3 is 5.97 Å². The van der Waals surface area contributed by atoms with E-state index in [1.54, 1.807) is 0 Å². The standard InChI is InChI=1S/C16H28O2/c1-3-5-6-7-8-9-10-11-12-13-14-15-18-16(17)4-2/h4,11-12H,2-3,5-10,13-15H2,1H3/b12-11+. The van der Waals surface area contributed by atoms with E-state index in [0.717, 1.165) is 12.8 Å². The molecule has 0 aliphatic heterocycles. The van der Waals surface area contributed by atoms with E-state index in [0.29, 0.717) is 6.61 Å². The summed E-state index contributed by atoms with van der Waals surface area (Å²) in [4.78, 5) is 10.7. The molecule has 104 valence electrons. The van der Waals surface area contributed by atoms with E-state index in [9.17, 15) is 4.79 Å². The van der Waals surface area contributed by atoms with Crippen LogP contribution in [0.15, 0.2) is 24.8 Å². The molecule has 0 amide bonds. The number of allylic oxidation sites excluding steroid dienone is 2. The molecule has 0 N–H and O–H groups in total. The first-order valence-corrected chi connectivity index (χ1v) is 7.25. The molecule has 2 nitrogen and oxygen atoms in total. The normalized spacial score (nSPS) is 10.7. The first kappa shape index (κ1) is 16.9. The van der Waals surface area contributed by atoms with Crippen LogP contribution in [0.3, 0.4) is 0 Å². The van der Waals surface area contributed by atoms with Gasteiger partial charge in [0.15, 0.2) is 0 Å². The van der Waals surface area contributed by atoms with Crippen molar-refractivity contribution >= 4 is 5.97 Å². The Hall–Kier alpha value is -1.05. The highest BCUT2D eigenvalue weighted by Crippen LogP contribution is 2.07. The smallest absolute Gasteiger partial charge is 0.330 e. The van der Waals surface area contributed by atoms with Gasteiger partial charge in [-0.2, -0.15) is 0 Å². The van der Waals surface area contributed by atoms with E-state index in [1.165, 1.54) is 51.0 Å². The second-order valence-corrected chi connectivity index (χ2v) is 4.54. The summed E-state index contributed by atoms with van der Waals surface area (Å²) in [6.07, 6.45) is 16.8. The highest BCUT2D eigenvalue weighted by atomic mass is 16.5. The molecule has 0 rings (SSSR count). The van der Waals surface area contributed by atoms with Gasteiger partial charge in [-0.05, 0) is 25.7 Å². The molecule has 18 heavy (non-hydrogen) atoms. The van der Waals surface area contributed by atoms with Gasteiger partial charge in [0.2, 0.25) is 0 Å². The molecule has 0 aromatic rings. The molecule has 0 radical (unpaired) electrons. The van der Waals surface area contributed by atoms with Gasteiger partial charge in [0.25, 0.3) is 0 Å². The molecule has 0 saturated heterocycles. The number of hydrogen-bond acceptors (Lipinski definition) is 2. The van der Waals surface area contributed by atoms with Gasteiger partial charge in [0.05, 0.1) is 6.61 Å². The minimum Gasteiger partial charge on any atom is -0.463 e. The van der Waals surface area contributed by atoms with Crippen molar-refractivity contribution in [2.24, 2.45) is 0 Å². The lowest BCUT2D eigenvalue weighted by Crippen LogP contribution is -2.00. The maximum absolute atomic E-state index is 10.7. The number of rotatable bonds is 12. The lowest BCUT2D eigenvalue weighted by Gasteiger charge is -1.99. The maximum atomic E-state index is 10.7. The van der Waals surface area contributed by atoms with Crippen molar-refractivity contribution in [3.8, 4) is 0 Å². The number of carbonyl (C=O) groups is 1. The number of unbranched alkanes of at least 4 members (excludes halogenated alkanes) is 7. The first-order valence-electron chi connectivity index (χ1n) is 7.25. The van der Waals surface area contributed by atoms with Crippen molar-refractivity contribution in [2.45, 2.75) is 64.7 Å². The van der Waals surface area contributed by atoms with Gasteiger partial charge in [-0.25, -0.2) is 4.79 Å². The molecule has 0 aromatic carbocycles. The van der Waals surface area contributed by atoms with Gasteiger partial charge in [0.1, 0.15) is 0 Å². The molecule has 0 heterocycles. The average Bonchev–Trinajstić information content (AvgIpc) is 2.39. The summed E-state index contributed by atoms with van der Waals surface area (Å²) in [6, 6.07) is 0. The molecule has 0 aliphatic carbocycles. The summed E-state index contributed by atoms with van der Waals surface area (Å²) in [5, 5.41) is 0. The molecule has 0 fully saturated rings. The Morgan fingerprint density at radius 2 is 1.61 bits per heavy atom. The van der Waals surface area contributed by atoms with Crippen molar-refractivity contribution in [3.05, 3.63) is 24.8 Å². The van der Waals surface area contributed by atoms with Gasteiger partial charge < -0.3 is 4.74 Å². The quantitative estimate of drug-likeness (QED) is 0.216. The van der Waals surface area contributed by atoms with E-state index < -0.39 is 0 Å². The Kier molecular flexibility index (Phi) is 13.2. The fourth-order valence-corrected chi connectivity index (χ4v) is 1.71. The van der Waals surface area contributed by atoms with E-state index >= 15 is 0 Å². The van der Waals surface area contributed by atoms with E-state index in [4.69, 9.17) is 4.74 Å². The predicted molar refractivity (Wildman–Crippen MR) is 77.5 cm³/mol. The van der Waals surface area contributed by atoms with Gasteiger partial charge in [-0.3, -0.25) is 0 Å². The number of hydrogen-bond donors (Lipinski definition) is 0. The summed E-state index contributed by atoms with van der Waals surface area (Å²) in [5.74, 6) is -0.328. The van der Waals surface area contributed by atoms with E-state index in [1.807, 2.05) is 0 Å². The van der Waals surface area contributed by atoms with Crippen LogP contribution in [0, 0.1) is 0 Å². The highest BCUT2D eigenvalue weighted by molar-refractivity contribution is 5.81. The third-order valence-electron chi connectivity index (χ3n) is 2.82.